The molecule has 2 heterocycles. The van der Waals surface area contributed by atoms with Gasteiger partial charge in [-0.05, 0) is 53.9 Å². The van der Waals surface area contributed by atoms with Crippen LogP contribution in [0.4, 0.5) is 4.79 Å². The Morgan fingerprint density at radius 1 is 1.06 bits per heavy atom. The molecule has 2 N–H and O–H groups in total. The second kappa shape index (κ2) is 9.72. The molecule has 2 aromatic carbocycles. The maximum atomic E-state index is 13.1. The fraction of sp³-hybridized carbons (Fsp3) is 0.464. The molecule has 0 aromatic heterocycles. The first kappa shape index (κ1) is 23.4. The molecule has 2 bridgehead atoms. The summed E-state index contributed by atoms with van der Waals surface area (Å²) in [7, 11) is 0. The van der Waals surface area contributed by atoms with Crippen LogP contribution in [0.2, 0.25) is 0 Å². The normalized spacial score (nSPS) is 23.3. The molecule has 2 saturated heterocycles. The Labute approximate surface area is 205 Å². The third-order valence-electron chi connectivity index (χ3n) is 7.99. The molecule has 35 heavy (non-hydrogen) atoms. The molecule has 4 atom stereocenters. The minimum Gasteiger partial charge on any atom is -0.481 e. The van der Waals surface area contributed by atoms with Crippen molar-refractivity contribution in [2.45, 2.75) is 44.6 Å². The van der Waals surface area contributed by atoms with Crippen LogP contribution >= 0.6 is 0 Å². The standard InChI is InChI=1S/C28H32N2O5/c1-17(26(31)30-15-18-10-11-25(30)23(14-18)27(32)33)12-13-29-28(34)35-16-24-21-8-4-2-6-19(21)20-7-3-5-9-22(20)24/h2-9,17-18,23-25H,10-16H2,1H3,(H,29,34)(H,32,33). The molecule has 0 spiro atoms. The zero-order chi connectivity index (χ0) is 24.5. The van der Waals surface area contributed by atoms with Gasteiger partial charge < -0.3 is 20.1 Å². The van der Waals surface area contributed by atoms with E-state index in [0.717, 1.165) is 24.0 Å². The number of nitrogens with one attached hydrogen (secondary N) is 1. The highest BCUT2D eigenvalue weighted by Gasteiger charge is 2.46. The molecule has 7 heteroatoms. The summed E-state index contributed by atoms with van der Waals surface area (Å²) in [5, 5.41) is 12.3. The molecule has 2 aliphatic carbocycles. The van der Waals surface area contributed by atoms with E-state index in [1.807, 2.05) is 31.2 Å². The number of amides is 2. The minimum atomic E-state index is -0.804. The first-order chi connectivity index (χ1) is 16.9. The van der Waals surface area contributed by atoms with Crippen molar-refractivity contribution in [1.29, 1.82) is 0 Å². The van der Waals surface area contributed by atoms with Gasteiger partial charge in [-0.3, -0.25) is 9.59 Å². The van der Waals surface area contributed by atoms with Crippen LogP contribution in [0.3, 0.4) is 0 Å². The third-order valence-corrected chi connectivity index (χ3v) is 7.99. The lowest BCUT2D eigenvalue weighted by Crippen LogP contribution is -2.58. The number of ether oxygens (including phenoxy) is 1. The van der Waals surface area contributed by atoms with Crippen molar-refractivity contribution in [3.05, 3.63) is 59.7 Å². The Morgan fingerprint density at radius 3 is 2.34 bits per heavy atom. The number of piperidine rings is 2. The number of carboxylic acid groups (broad SMARTS) is 1. The van der Waals surface area contributed by atoms with E-state index >= 15 is 0 Å². The van der Waals surface area contributed by atoms with Crippen molar-refractivity contribution >= 4 is 18.0 Å². The number of carbonyl (C=O) groups is 3. The topological polar surface area (TPSA) is 95.9 Å². The molecular weight excluding hydrogens is 444 g/mol. The number of aliphatic carboxylic acids is 1. The number of carbonyl (C=O) groups excluding carboxylic acids is 2. The van der Waals surface area contributed by atoms with Crippen LogP contribution < -0.4 is 5.32 Å². The van der Waals surface area contributed by atoms with E-state index in [-0.39, 0.29) is 36.3 Å². The van der Waals surface area contributed by atoms with Gasteiger partial charge in [0.1, 0.15) is 6.61 Å². The summed E-state index contributed by atoms with van der Waals surface area (Å²) in [6.07, 6.45) is 2.42. The Morgan fingerprint density at radius 2 is 1.71 bits per heavy atom. The summed E-state index contributed by atoms with van der Waals surface area (Å²) in [6.45, 7) is 3.08. The quantitative estimate of drug-likeness (QED) is 0.622. The minimum absolute atomic E-state index is 0.00496. The van der Waals surface area contributed by atoms with Crippen molar-refractivity contribution in [1.82, 2.24) is 10.2 Å². The van der Waals surface area contributed by atoms with E-state index in [2.05, 4.69) is 29.6 Å². The van der Waals surface area contributed by atoms with Crippen molar-refractivity contribution in [2.75, 3.05) is 19.7 Å². The second-order valence-electron chi connectivity index (χ2n) is 10.1. The maximum Gasteiger partial charge on any atom is 0.407 e. The van der Waals surface area contributed by atoms with Crippen molar-refractivity contribution in [3.63, 3.8) is 0 Å². The number of rotatable bonds is 7. The lowest BCUT2D eigenvalue weighted by molar-refractivity contribution is -0.157. The Balaban J connectivity index is 1.11. The Kier molecular flexibility index (Phi) is 6.50. The summed E-state index contributed by atoms with van der Waals surface area (Å²) in [4.78, 5) is 38.9. The zero-order valence-electron chi connectivity index (χ0n) is 20.0. The van der Waals surface area contributed by atoms with Crippen LogP contribution in [0.15, 0.2) is 48.5 Å². The number of carboxylic acids is 1. The first-order valence-corrected chi connectivity index (χ1v) is 12.6. The lowest BCUT2D eigenvalue weighted by atomic mass is 9.72. The van der Waals surface area contributed by atoms with Gasteiger partial charge in [0.05, 0.1) is 5.92 Å². The number of nitrogens with zero attached hydrogens (tertiary/aromatic N) is 1. The average molecular weight is 477 g/mol. The molecule has 4 aliphatic rings. The van der Waals surface area contributed by atoms with Gasteiger partial charge in [0.15, 0.2) is 0 Å². The van der Waals surface area contributed by atoms with E-state index in [1.54, 1.807) is 4.90 Å². The van der Waals surface area contributed by atoms with Gasteiger partial charge in [-0.25, -0.2) is 4.79 Å². The van der Waals surface area contributed by atoms with Gasteiger partial charge in [0.25, 0.3) is 0 Å². The zero-order valence-corrected chi connectivity index (χ0v) is 20.0. The average Bonchev–Trinajstić information content (AvgIpc) is 3.20. The van der Waals surface area contributed by atoms with Crippen molar-refractivity contribution in [3.8, 4) is 11.1 Å². The van der Waals surface area contributed by atoms with Crippen molar-refractivity contribution < 1.29 is 24.2 Å². The van der Waals surface area contributed by atoms with E-state index in [4.69, 9.17) is 4.74 Å². The van der Waals surface area contributed by atoms with Crippen LogP contribution in [0.5, 0.6) is 0 Å². The van der Waals surface area contributed by atoms with Gasteiger partial charge in [-0.1, -0.05) is 55.5 Å². The third kappa shape index (κ3) is 4.51. The number of alkyl carbamates (subject to hydrolysis) is 1. The van der Waals surface area contributed by atoms with E-state index in [9.17, 15) is 19.5 Å². The van der Waals surface area contributed by atoms with E-state index < -0.39 is 18.0 Å². The fourth-order valence-corrected chi connectivity index (χ4v) is 6.16. The highest BCUT2D eigenvalue weighted by Crippen LogP contribution is 2.44. The highest BCUT2D eigenvalue weighted by atomic mass is 16.5. The smallest absolute Gasteiger partial charge is 0.407 e. The van der Waals surface area contributed by atoms with E-state index in [1.165, 1.54) is 11.1 Å². The number of hydrogen-bond donors (Lipinski definition) is 2. The van der Waals surface area contributed by atoms with Gasteiger partial charge in [-0.15, -0.1) is 0 Å². The highest BCUT2D eigenvalue weighted by molar-refractivity contribution is 5.81. The SMILES string of the molecule is CC(CCNC(=O)OCC1c2ccccc2-c2ccccc21)C(=O)N1CC2CCC1C(C(=O)O)C2. The van der Waals surface area contributed by atoms with Crippen LogP contribution in [0.25, 0.3) is 11.1 Å². The molecule has 0 radical (unpaired) electrons. The molecule has 2 aliphatic heterocycles. The molecule has 7 nitrogen and oxygen atoms in total. The molecular formula is C28H32N2O5. The van der Waals surface area contributed by atoms with Gasteiger partial charge in [-0.2, -0.15) is 0 Å². The van der Waals surface area contributed by atoms with Gasteiger partial charge >= 0.3 is 12.1 Å². The summed E-state index contributed by atoms with van der Waals surface area (Å²) in [5.41, 5.74) is 4.69. The largest absolute Gasteiger partial charge is 0.481 e. The number of benzene rings is 2. The fourth-order valence-electron chi connectivity index (χ4n) is 6.16. The second-order valence-corrected chi connectivity index (χ2v) is 10.1. The lowest BCUT2D eigenvalue weighted by Gasteiger charge is -2.49. The van der Waals surface area contributed by atoms with Crippen molar-refractivity contribution in [2.24, 2.45) is 17.8 Å². The van der Waals surface area contributed by atoms with Crippen LogP contribution in [-0.4, -0.2) is 53.7 Å². The Bertz CT molecular complexity index is 1090. The molecule has 184 valence electrons. The number of hydrogen-bond acceptors (Lipinski definition) is 4. The maximum absolute atomic E-state index is 13.1. The number of fused-ring (bicyclic) bond motifs is 6. The molecule has 3 fully saturated rings. The first-order valence-electron chi connectivity index (χ1n) is 12.6. The molecule has 4 unspecified atom stereocenters. The molecule has 1 saturated carbocycles. The van der Waals surface area contributed by atoms with Crippen LogP contribution in [0, 0.1) is 17.8 Å². The van der Waals surface area contributed by atoms with Crippen LogP contribution in [-0.2, 0) is 14.3 Å². The molecule has 2 amide bonds. The predicted octanol–water partition coefficient (Wildman–Crippen LogP) is 4.26. The van der Waals surface area contributed by atoms with E-state index in [0.29, 0.717) is 25.9 Å². The summed E-state index contributed by atoms with van der Waals surface area (Å²) >= 11 is 0. The molecule has 6 rings (SSSR count). The van der Waals surface area contributed by atoms with Crippen LogP contribution in [0.1, 0.15) is 49.7 Å². The molecule has 2 aromatic rings. The Hall–Kier alpha value is -3.35. The summed E-state index contributed by atoms with van der Waals surface area (Å²) in [6, 6.07) is 16.2. The monoisotopic (exact) mass is 476 g/mol. The van der Waals surface area contributed by atoms with Gasteiger partial charge in [0.2, 0.25) is 5.91 Å². The van der Waals surface area contributed by atoms with Gasteiger partial charge in [0, 0.05) is 31.0 Å². The summed E-state index contributed by atoms with van der Waals surface area (Å²) in [5.74, 6) is -1.29. The predicted molar refractivity (Wildman–Crippen MR) is 131 cm³/mol. The summed E-state index contributed by atoms with van der Waals surface area (Å²) < 4.78 is 5.57.